The molecule has 2 heterocycles. The second-order valence-electron chi connectivity index (χ2n) is 7.85. The fourth-order valence-corrected chi connectivity index (χ4v) is 8.14. The first-order valence-corrected chi connectivity index (χ1v) is 12.2. The van der Waals surface area contributed by atoms with Crippen LogP contribution in [0.1, 0.15) is 25.7 Å². The Kier molecular flexibility index (Phi) is 5.45. The summed E-state index contributed by atoms with van der Waals surface area (Å²) in [4.78, 5) is 26.6. The molecular weight excluding hydrogens is 424 g/mol. The zero-order valence-electron chi connectivity index (χ0n) is 15.3. The largest absolute Gasteiger partial charge is 0.481 e. The van der Waals surface area contributed by atoms with E-state index in [0.29, 0.717) is 4.34 Å². The minimum Gasteiger partial charge on any atom is -0.481 e. The number of carbonyl (C=O) groups is 2. The number of thiophene rings is 1. The van der Waals surface area contributed by atoms with Crippen LogP contribution in [-0.4, -0.2) is 60.8 Å². The van der Waals surface area contributed by atoms with Gasteiger partial charge >= 0.3 is 5.97 Å². The average Bonchev–Trinajstić information content (AvgIpc) is 3.15. The molecule has 7 nitrogen and oxygen atoms in total. The first-order chi connectivity index (χ1) is 13.3. The third-order valence-electron chi connectivity index (χ3n) is 6.48. The number of piperazine rings is 1. The van der Waals surface area contributed by atoms with Gasteiger partial charge in [-0.1, -0.05) is 11.6 Å². The average molecular weight is 447 g/mol. The van der Waals surface area contributed by atoms with Gasteiger partial charge in [0.2, 0.25) is 5.91 Å². The van der Waals surface area contributed by atoms with Crippen molar-refractivity contribution < 1.29 is 23.1 Å². The molecule has 2 atom stereocenters. The number of aliphatic carboxylic acids is 1. The lowest BCUT2D eigenvalue weighted by atomic mass is 9.58. The summed E-state index contributed by atoms with van der Waals surface area (Å²) < 4.78 is 27.4. The van der Waals surface area contributed by atoms with Gasteiger partial charge in [0, 0.05) is 26.2 Å². The lowest BCUT2D eigenvalue weighted by Crippen LogP contribution is -2.56. The number of fused-ring (bicyclic) bond motifs is 3. The Morgan fingerprint density at radius 2 is 1.57 bits per heavy atom. The van der Waals surface area contributed by atoms with Crippen LogP contribution < -0.4 is 0 Å². The number of carbonyl (C=O) groups excluding carboxylic acids is 1. The molecule has 1 aromatic rings. The van der Waals surface area contributed by atoms with Crippen molar-refractivity contribution in [3.05, 3.63) is 16.5 Å². The third kappa shape index (κ3) is 3.46. The van der Waals surface area contributed by atoms with E-state index >= 15 is 0 Å². The van der Waals surface area contributed by atoms with Crippen molar-refractivity contribution in [2.75, 3.05) is 26.2 Å². The molecule has 0 spiro atoms. The maximum Gasteiger partial charge on any atom is 0.307 e. The van der Waals surface area contributed by atoms with Crippen LogP contribution in [0.4, 0.5) is 0 Å². The molecule has 4 fully saturated rings. The number of hydrogen-bond acceptors (Lipinski definition) is 5. The standard InChI is InChI=1S/C18H23ClN2O5S2/c19-13-5-6-14(27-13)28(25,26)21-9-7-20(8-10-21)17(22)15-11-1-3-12(4-2-11)16(15)18(23)24/h5-6,11-12,15-16H,1-4,7-10H2,(H,23,24)/t11?,12?,15-,16+/m1/s1. The number of amides is 1. The van der Waals surface area contributed by atoms with Gasteiger partial charge in [0.25, 0.3) is 10.0 Å². The summed E-state index contributed by atoms with van der Waals surface area (Å²) in [5.74, 6) is -1.84. The highest BCUT2D eigenvalue weighted by atomic mass is 35.5. The smallest absolute Gasteiger partial charge is 0.307 e. The lowest BCUT2D eigenvalue weighted by molar-refractivity contribution is -0.162. The quantitative estimate of drug-likeness (QED) is 0.766. The molecule has 4 aliphatic rings. The summed E-state index contributed by atoms with van der Waals surface area (Å²) in [5, 5.41) is 9.69. The van der Waals surface area contributed by atoms with Gasteiger partial charge in [-0.25, -0.2) is 8.42 Å². The van der Waals surface area contributed by atoms with E-state index in [1.54, 1.807) is 11.0 Å². The molecule has 154 valence electrons. The maximum atomic E-state index is 13.2. The summed E-state index contributed by atoms with van der Waals surface area (Å²) in [6.07, 6.45) is 3.61. The highest BCUT2D eigenvalue weighted by Gasteiger charge is 2.51. The third-order valence-corrected chi connectivity index (χ3v) is 10.1. The van der Waals surface area contributed by atoms with Gasteiger partial charge in [-0.05, 0) is 49.7 Å². The van der Waals surface area contributed by atoms with E-state index in [1.165, 1.54) is 10.4 Å². The minimum absolute atomic E-state index is 0.0849. The molecule has 0 aromatic carbocycles. The zero-order valence-corrected chi connectivity index (χ0v) is 17.7. The zero-order chi connectivity index (χ0) is 20.1. The highest BCUT2D eigenvalue weighted by Crippen LogP contribution is 2.49. The molecule has 10 heteroatoms. The molecule has 1 saturated heterocycles. The van der Waals surface area contributed by atoms with Crippen LogP contribution in [0.3, 0.4) is 0 Å². The monoisotopic (exact) mass is 446 g/mol. The molecule has 0 unspecified atom stereocenters. The number of carboxylic acids is 1. The number of rotatable bonds is 4. The molecule has 2 bridgehead atoms. The second kappa shape index (κ2) is 7.59. The van der Waals surface area contributed by atoms with Crippen LogP contribution in [0.25, 0.3) is 0 Å². The molecule has 1 aliphatic heterocycles. The van der Waals surface area contributed by atoms with E-state index in [1.807, 2.05) is 0 Å². The van der Waals surface area contributed by atoms with Crippen molar-refractivity contribution in [1.29, 1.82) is 0 Å². The van der Waals surface area contributed by atoms with Crippen molar-refractivity contribution in [2.45, 2.75) is 29.9 Å². The van der Waals surface area contributed by atoms with Crippen LogP contribution in [0.5, 0.6) is 0 Å². The Bertz CT molecular complexity index is 870. The Morgan fingerprint density at radius 1 is 1.00 bits per heavy atom. The summed E-state index contributed by atoms with van der Waals surface area (Å²) in [6, 6.07) is 3.05. The first kappa shape index (κ1) is 20.1. The van der Waals surface area contributed by atoms with Crippen LogP contribution in [0.2, 0.25) is 4.34 Å². The van der Waals surface area contributed by atoms with Crippen molar-refractivity contribution >= 4 is 44.8 Å². The van der Waals surface area contributed by atoms with Gasteiger partial charge in [0.1, 0.15) is 4.21 Å². The molecule has 5 rings (SSSR count). The first-order valence-electron chi connectivity index (χ1n) is 9.56. The summed E-state index contributed by atoms with van der Waals surface area (Å²) in [6.45, 7) is 0.999. The van der Waals surface area contributed by atoms with Crippen LogP contribution >= 0.6 is 22.9 Å². The van der Waals surface area contributed by atoms with Gasteiger partial charge in [0.15, 0.2) is 0 Å². The Balaban J connectivity index is 1.45. The van der Waals surface area contributed by atoms with Gasteiger partial charge in [-0.3, -0.25) is 9.59 Å². The summed E-state index contributed by atoms with van der Waals surface area (Å²) >= 11 is 6.88. The van der Waals surface area contributed by atoms with Crippen molar-refractivity contribution in [3.8, 4) is 0 Å². The van der Waals surface area contributed by atoms with Crippen molar-refractivity contribution in [1.82, 2.24) is 9.21 Å². The Morgan fingerprint density at radius 3 is 2.07 bits per heavy atom. The van der Waals surface area contributed by atoms with E-state index in [9.17, 15) is 23.1 Å². The van der Waals surface area contributed by atoms with Gasteiger partial charge in [0.05, 0.1) is 16.2 Å². The van der Waals surface area contributed by atoms with Crippen LogP contribution in [0.15, 0.2) is 16.3 Å². The normalized spacial score (nSPS) is 31.1. The van der Waals surface area contributed by atoms with Crippen LogP contribution in [0, 0.1) is 23.7 Å². The number of halogens is 1. The molecule has 1 amide bonds. The molecule has 1 N–H and O–H groups in total. The Labute approximate surface area is 173 Å². The van der Waals surface area contributed by atoms with Crippen molar-refractivity contribution in [2.24, 2.45) is 23.7 Å². The highest BCUT2D eigenvalue weighted by molar-refractivity contribution is 7.91. The van der Waals surface area contributed by atoms with Crippen LogP contribution in [-0.2, 0) is 19.6 Å². The molecule has 3 saturated carbocycles. The van der Waals surface area contributed by atoms with Gasteiger partial charge in [-0.2, -0.15) is 4.31 Å². The molecule has 3 aliphatic carbocycles. The number of nitrogens with zero attached hydrogens (tertiary/aromatic N) is 2. The van der Waals surface area contributed by atoms with Gasteiger partial charge < -0.3 is 10.0 Å². The number of hydrogen-bond donors (Lipinski definition) is 1. The fraction of sp³-hybridized carbons (Fsp3) is 0.667. The van der Waals surface area contributed by atoms with Gasteiger partial charge in [-0.15, -0.1) is 11.3 Å². The topological polar surface area (TPSA) is 95.0 Å². The molecule has 0 radical (unpaired) electrons. The summed E-state index contributed by atoms with van der Waals surface area (Å²) in [7, 11) is -3.61. The van der Waals surface area contributed by atoms with E-state index < -0.39 is 27.8 Å². The SMILES string of the molecule is O=C(O)[C@H]1C2CCC(CC2)[C@H]1C(=O)N1CCN(S(=O)(=O)c2ccc(Cl)s2)CC1. The maximum absolute atomic E-state index is 13.2. The molecule has 1 aromatic heterocycles. The fourth-order valence-electron chi connectivity index (χ4n) is 5.08. The Hall–Kier alpha value is -1.16. The second-order valence-corrected chi connectivity index (χ2v) is 11.7. The van der Waals surface area contributed by atoms with Crippen molar-refractivity contribution in [3.63, 3.8) is 0 Å². The lowest BCUT2D eigenvalue weighted by Gasteiger charge is -2.48. The summed E-state index contributed by atoms with van der Waals surface area (Å²) in [5.41, 5.74) is 0. The van der Waals surface area contributed by atoms with E-state index in [0.717, 1.165) is 37.0 Å². The predicted octanol–water partition coefficient (Wildman–Crippen LogP) is 2.37. The van der Waals surface area contributed by atoms with E-state index in [-0.39, 0.29) is 48.1 Å². The van der Waals surface area contributed by atoms with E-state index in [4.69, 9.17) is 11.6 Å². The number of carboxylic acid groups (broad SMARTS) is 1. The predicted molar refractivity (Wildman–Crippen MR) is 105 cm³/mol. The molecular formula is C18H23ClN2O5S2. The number of sulfonamides is 1. The minimum atomic E-state index is -3.61. The molecule has 28 heavy (non-hydrogen) atoms. The van der Waals surface area contributed by atoms with E-state index in [2.05, 4.69) is 0 Å².